The number of hydrogen-bond donors (Lipinski definition) is 1. The maximum atomic E-state index is 4.72. The number of anilines is 1. The molecule has 0 radical (unpaired) electrons. The van der Waals surface area contributed by atoms with Crippen molar-refractivity contribution in [1.29, 1.82) is 0 Å². The third kappa shape index (κ3) is 2.39. The van der Waals surface area contributed by atoms with Gasteiger partial charge in [-0.1, -0.05) is 19.3 Å². The Morgan fingerprint density at radius 2 is 1.89 bits per heavy atom. The summed E-state index contributed by atoms with van der Waals surface area (Å²) in [7, 11) is 2.11. The second kappa shape index (κ2) is 5.31. The highest BCUT2D eigenvalue weighted by Gasteiger charge is 2.21. The maximum Gasteiger partial charge on any atom is 0.150 e. The Morgan fingerprint density at radius 3 is 2.61 bits per heavy atom. The topological polar surface area (TPSA) is 33.1 Å². The fraction of sp³-hybridized carbons (Fsp3) is 0.786. The van der Waals surface area contributed by atoms with Gasteiger partial charge in [0.25, 0.3) is 0 Å². The molecular formula is C14H24N4. The minimum absolute atomic E-state index is 0.743. The molecule has 18 heavy (non-hydrogen) atoms. The molecule has 3 rings (SSSR count). The molecule has 0 bridgehead atoms. The van der Waals surface area contributed by atoms with Crippen LogP contribution in [0.3, 0.4) is 0 Å². The highest BCUT2D eigenvalue weighted by atomic mass is 15.4. The summed E-state index contributed by atoms with van der Waals surface area (Å²) in [5.41, 5.74) is 1.45. The minimum Gasteiger partial charge on any atom is -0.353 e. The van der Waals surface area contributed by atoms with Gasteiger partial charge in [-0.15, -0.1) is 0 Å². The summed E-state index contributed by atoms with van der Waals surface area (Å²) in [6.45, 7) is 4.33. The largest absolute Gasteiger partial charge is 0.353 e. The van der Waals surface area contributed by atoms with Crippen LogP contribution in [0.25, 0.3) is 0 Å². The van der Waals surface area contributed by atoms with Crippen LogP contribution in [0.2, 0.25) is 0 Å². The van der Waals surface area contributed by atoms with E-state index in [1.54, 1.807) is 0 Å². The standard InChI is InChI=1S/C14H24N4/c1-17-13(12-5-3-2-4-6-12)11-14(16-17)18-9-7-15-8-10-18/h11-12,15H,2-10H2,1H3. The molecule has 0 spiro atoms. The summed E-state index contributed by atoms with van der Waals surface area (Å²) < 4.78 is 2.12. The predicted octanol–water partition coefficient (Wildman–Crippen LogP) is 1.88. The second-order valence-corrected chi connectivity index (χ2v) is 5.62. The van der Waals surface area contributed by atoms with E-state index in [1.165, 1.54) is 43.6 Å². The minimum atomic E-state index is 0.743. The van der Waals surface area contributed by atoms with E-state index in [2.05, 4.69) is 28.0 Å². The van der Waals surface area contributed by atoms with Gasteiger partial charge in [0.15, 0.2) is 5.82 Å². The monoisotopic (exact) mass is 248 g/mol. The molecule has 100 valence electrons. The molecule has 1 aromatic rings. The van der Waals surface area contributed by atoms with Crippen molar-refractivity contribution < 1.29 is 0 Å². The van der Waals surface area contributed by atoms with Crippen molar-refractivity contribution in [3.63, 3.8) is 0 Å². The molecule has 1 aliphatic carbocycles. The lowest BCUT2D eigenvalue weighted by Gasteiger charge is -2.27. The lowest BCUT2D eigenvalue weighted by molar-refractivity contribution is 0.424. The highest BCUT2D eigenvalue weighted by Crippen LogP contribution is 2.33. The van der Waals surface area contributed by atoms with Gasteiger partial charge in [0, 0.05) is 50.9 Å². The fourth-order valence-electron chi connectivity index (χ4n) is 3.29. The van der Waals surface area contributed by atoms with E-state index >= 15 is 0 Å². The van der Waals surface area contributed by atoms with E-state index in [0.717, 1.165) is 32.1 Å². The number of rotatable bonds is 2. The van der Waals surface area contributed by atoms with E-state index in [9.17, 15) is 0 Å². The van der Waals surface area contributed by atoms with Crippen molar-refractivity contribution in [1.82, 2.24) is 15.1 Å². The number of aromatic nitrogens is 2. The molecule has 1 N–H and O–H groups in total. The number of piperazine rings is 1. The number of nitrogens with zero attached hydrogens (tertiary/aromatic N) is 3. The van der Waals surface area contributed by atoms with Crippen LogP contribution >= 0.6 is 0 Å². The fourth-order valence-corrected chi connectivity index (χ4v) is 3.29. The van der Waals surface area contributed by atoms with Gasteiger partial charge in [-0.2, -0.15) is 5.10 Å². The van der Waals surface area contributed by atoms with Crippen molar-refractivity contribution in [2.24, 2.45) is 7.05 Å². The Hall–Kier alpha value is -1.03. The van der Waals surface area contributed by atoms with Gasteiger partial charge in [0.2, 0.25) is 0 Å². The van der Waals surface area contributed by atoms with Gasteiger partial charge in [-0.25, -0.2) is 0 Å². The Bertz CT molecular complexity index is 386. The Labute approximate surface area is 109 Å². The van der Waals surface area contributed by atoms with E-state index < -0.39 is 0 Å². The number of aryl methyl sites for hydroxylation is 1. The van der Waals surface area contributed by atoms with Crippen LogP contribution in [0.15, 0.2) is 6.07 Å². The SMILES string of the molecule is Cn1nc(N2CCNCC2)cc1C1CCCCC1. The molecule has 1 aromatic heterocycles. The molecule has 0 amide bonds. The average Bonchev–Trinajstić information content (AvgIpc) is 2.83. The first-order chi connectivity index (χ1) is 8.84. The molecule has 1 saturated heterocycles. The molecule has 2 aliphatic rings. The van der Waals surface area contributed by atoms with Crippen LogP contribution in [0.5, 0.6) is 0 Å². The van der Waals surface area contributed by atoms with Crippen molar-refractivity contribution in [3.05, 3.63) is 11.8 Å². The van der Waals surface area contributed by atoms with E-state index in [4.69, 9.17) is 5.10 Å². The Morgan fingerprint density at radius 1 is 1.17 bits per heavy atom. The molecule has 0 aromatic carbocycles. The molecular weight excluding hydrogens is 224 g/mol. The third-order valence-corrected chi connectivity index (χ3v) is 4.37. The zero-order valence-corrected chi connectivity index (χ0v) is 11.4. The summed E-state index contributed by atoms with van der Waals surface area (Å²) in [5, 5.41) is 8.12. The van der Waals surface area contributed by atoms with E-state index in [-0.39, 0.29) is 0 Å². The molecule has 4 heteroatoms. The van der Waals surface area contributed by atoms with Gasteiger partial charge in [0.1, 0.15) is 0 Å². The number of nitrogens with one attached hydrogen (secondary N) is 1. The van der Waals surface area contributed by atoms with E-state index in [0.29, 0.717) is 0 Å². The summed E-state index contributed by atoms with van der Waals surface area (Å²) in [5.74, 6) is 1.92. The van der Waals surface area contributed by atoms with Gasteiger partial charge in [0.05, 0.1) is 0 Å². The van der Waals surface area contributed by atoms with Crippen LogP contribution in [0, 0.1) is 0 Å². The molecule has 1 aliphatic heterocycles. The quantitative estimate of drug-likeness (QED) is 0.867. The third-order valence-electron chi connectivity index (χ3n) is 4.37. The second-order valence-electron chi connectivity index (χ2n) is 5.62. The van der Waals surface area contributed by atoms with Crippen molar-refractivity contribution in [3.8, 4) is 0 Å². The molecule has 2 heterocycles. The normalized spacial score (nSPS) is 22.4. The van der Waals surface area contributed by atoms with Crippen molar-refractivity contribution in [2.75, 3.05) is 31.1 Å². The molecule has 0 atom stereocenters. The van der Waals surface area contributed by atoms with Crippen LogP contribution in [0.4, 0.5) is 5.82 Å². The van der Waals surface area contributed by atoms with Crippen LogP contribution in [-0.2, 0) is 7.05 Å². The zero-order valence-electron chi connectivity index (χ0n) is 11.4. The summed E-state index contributed by atoms with van der Waals surface area (Å²) in [6.07, 6.45) is 6.89. The highest BCUT2D eigenvalue weighted by molar-refractivity contribution is 5.41. The Balaban J connectivity index is 1.76. The van der Waals surface area contributed by atoms with Crippen molar-refractivity contribution >= 4 is 5.82 Å². The van der Waals surface area contributed by atoms with Crippen molar-refractivity contribution in [2.45, 2.75) is 38.0 Å². The van der Waals surface area contributed by atoms with Gasteiger partial charge >= 0.3 is 0 Å². The maximum absolute atomic E-state index is 4.72. The van der Waals surface area contributed by atoms with Gasteiger partial charge < -0.3 is 10.2 Å². The zero-order chi connectivity index (χ0) is 12.4. The van der Waals surface area contributed by atoms with Gasteiger partial charge in [-0.3, -0.25) is 4.68 Å². The first kappa shape index (κ1) is 12.0. The first-order valence-corrected chi connectivity index (χ1v) is 7.34. The predicted molar refractivity (Wildman–Crippen MR) is 74.1 cm³/mol. The van der Waals surface area contributed by atoms with Gasteiger partial charge in [-0.05, 0) is 12.8 Å². The first-order valence-electron chi connectivity index (χ1n) is 7.34. The lowest BCUT2D eigenvalue weighted by Crippen LogP contribution is -2.43. The Kier molecular flexibility index (Phi) is 3.55. The molecule has 2 fully saturated rings. The van der Waals surface area contributed by atoms with Crippen LogP contribution in [-0.4, -0.2) is 36.0 Å². The van der Waals surface area contributed by atoms with E-state index in [1.807, 2.05) is 0 Å². The summed E-state index contributed by atoms with van der Waals surface area (Å²) in [6, 6.07) is 2.33. The summed E-state index contributed by atoms with van der Waals surface area (Å²) >= 11 is 0. The number of hydrogen-bond acceptors (Lipinski definition) is 3. The average molecular weight is 248 g/mol. The molecule has 4 nitrogen and oxygen atoms in total. The van der Waals surface area contributed by atoms with Crippen LogP contribution < -0.4 is 10.2 Å². The smallest absolute Gasteiger partial charge is 0.150 e. The lowest BCUT2D eigenvalue weighted by atomic mass is 9.87. The van der Waals surface area contributed by atoms with Crippen LogP contribution in [0.1, 0.15) is 43.7 Å². The molecule has 1 saturated carbocycles. The summed E-state index contributed by atoms with van der Waals surface area (Å²) in [4.78, 5) is 2.41. The molecule has 0 unspecified atom stereocenters.